The van der Waals surface area contributed by atoms with Crippen LogP contribution in [0.25, 0.3) is 16.6 Å². The lowest BCUT2D eigenvalue weighted by atomic mass is 10.1. The molecule has 1 aliphatic heterocycles. The molecule has 3 aromatic heterocycles. The second-order valence-corrected chi connectivity index (χ2v) is 8.08. The van der Waals surface area contributed by atoms with E-state index < -0.39 is 0 Å². The predicted molar refractivity (Wildman–Crippen MR) is 112 cm³/mol. The van der Waals surface area contributed by atoms with Crippen molar-refractivity contribution in [2.45, 2.75) is 12.5 Å². The van der Waals surface area contributed by atoms with Crippen molar-refractivity contribution in [2.75, 3.05) is 19.7 Å². The van der Waals surface area contributed by atoms with Crippen LogP contribution in [0.4, 0.5) is 0 Å². The SMILES string of the molecule is O=C(Cc1cccs1)N1CCOC(c2nnn3cc(-c4ccccc4)ccc23)C1. The second-order valence-electron chi connectivity index (χ2n) is 7.04. The van der Waals surface area contributed by atoms with E-state index in [1.54, 1.807) is 15.9 Å². The van der Waals surface area contributed by atoms with Crippen molar-refractivity contribution in [2.24, 2.45) is 0 Å². The lowest BCUT2D eigenvalue weighted by molar-refractivity contribution is -0.138. The first kappa shape index (κ1) is 18.0. The number of carbonyl (C=O) groups excluding carboxylic acids is 1. The van der Waals surface area contributed by atoms with Crippen molar-refractivity contribution < 1.29 is 9.53 Å². The summed E-state index contributed by atoms with van der Waals surface area (Å²) in [5.74, 6) is 0.128. The first-order valence-corrected chi connectivity index (χ1v) is 10.5. The zero-order valence-corrected chi connectivity index (χ0v) is 16.6. The van der Waals surface area contributed by atoms with E-state index in [0.717, 1.165) is 27.2 Å². The van der Waals surface area contributed by atoms with Crippen LogP contribution in [-0.4, -0.2) is 45.3 Å². The van der Waals surface area contributed by atoms with Crippen LogP contribution in [0.15, 0.2) is 66.2 Å². The number of ether oxygens (including phenoxy) is 1. The number of benzene rings is 1. The number of thiophene rings is 1. The Balaban J connectivity index is 1.36. The molecule has 0 spiro atoms. The van der Waals surface area contributed by atoms with Gasteiger partial charge in [0.15, 0.2) is 0 Å². The Morgan fingerprint density at radius 2 is 2.00 bits per heavy atom. The van der Waals surface area contributed by atoms with Crippen molar-refractivity contribution in [3.05, 3.63) is 76.7 Å². The first-order valence-electron chi connectivity index (χ1n) is 9.60. The molecule has 1 unspecified atom stereocenters. The van der Waals surface area contributed by atoms with E-state index in [1.165, 1.54) is 0 Å². The van der Waals surface area contributed by atoms with Gasteiger partial charge in [0.1, 0.15) is 11.8 Å². The summed E-state index contributed by atoms with van der Waals surface area (Å²) in [7, 11) is 0. The third-order valence-corrected chi connectivity index (χ3v) is 6.05. The topological polar surface area (TPSA) is 59.7 Å². The summed E-state index contributed by atoms with van der Waals surface area (Å²) in [6.07, 6.45) is 2.15. The Bertz CT molecular complexity index is 1120. The molecular weight excluding hydrogens is 384 g/mol. The normalized spacial score (nSPS) is 17.0. The lowest BCUT2D eigenvalue weighted by Crippen LogP contribution is -2.43. The van der Waals surface area contributed by atoms with Crippen LogP contribution in [0, 0.1) is 0 Å². The van der Waals surface area contributed by atoms with Crippen molar-refractivity contribution in [1.29, 1.82) is 0 Å². The number of carbonyl (C=O) groups is 1. The summed E-state index contributed by atoms with van der Waals surface area (Å²) in [6, 6.07) is 18.2. The summed E-state index contributed by atoms with van der Waals surface area (Å²) in [6.45, 7) is 1.61. The Kier molecular flexibility index (Phi) is 4.83. The molecule has 1 atom stereocenters. The van der Waals surface area contributed by atoms with Gasteiger partial charge < -0.3 is 9.64 Å². The smallest absolute Gasteiger partial charge is 0.228 e. The molecule has 1 amide bonds. The Morgan fingerprint density at radius 3 is 2.83 bits per heavy atom. The van der Waals surface area contributed by atoms with Crippen LogP contribution < -0.4 is 0 Å². The first-order chi connectivity index (χ1) is 14.3. The molecular formula is C22H20N4O2S. The number of nitrogens with zero attached hydrogens (tertiary/aromatic N) is 4. The van der Waals surface area contributed by atoms with E-state index in [1.807, 2.05) is 52.9 Å². The summed E-state index contributed by atoms with van der Waals surface area (Å²) < 4.78 is 7.74. The fraction of sp³-hybridized carbons (Fsp3) is 0.227. The molecule has 4 heterocycles. The quantitative estimate of drug-likeness (QED) is 0.521. The molecule has 4 aromatic rings. The van der Waals surface area contributed by atoms with Gasteiger partial charge in [0.25, 0.3) is 0 Å². The van der Waals surface area contributed by atoms with Gasteiger partial charge in [0, 0.05) is 23.2 Å². The number of hydrogen-bond donors (Lipinski definition) is 0. The number of fused-ring (bicyclic) bond motifs is 1. The van der Waals surface area contributed by atoms with Crippen LogP contribution in [0.5, 0.6) is 0 Å². The summed E-state index contributed by atoms with van der Waals surface area (Å²) in [5.41, 5.74) is 3.89. The third-order valence-electron chi connectivity index (χ3n) is 5.18. The molecule has 0 bridgehead atoms. The molecule has 0 saturated carbocycles. The third kappa shape index (κ3) is 3.66. The number of amides is 1. The predicted octanol–water partition coefficient (Wildman–Crippen LogP) is 3.60. The van der Waals surface area contributed by atoms with Crippen molar-refractivity contribution in [1.82, 2.24) is 19.7 Å². The summed E-state index contributed by atoms with van der Waals surface area (Å²) in [5, 5.41) is 10.7. The second kappa shape index (κ2) is 7.77. The lowest BCUT2D eigenvalue weighted by Gasteiger charge is -2.32. The van der Waals surface area contributed by atoms with Gasteiger partial charge in [0.2, 0.25) is 5.91 Å². The number of pyridine rings is 1. The molecule has 6 nitrogen and oxygen atoms in total. The highest BCUT2D eigenvalue weighted by atomic mass is 32.1. The molecule has 1 aromatic carbocycles. The number of aromatic nitrogens is 3. The van der Waals surface area contributed by atoms with Crippen LogP contribution >= 0.6 is 11.3 Å². The molecule has 7 heteroatoms. The average Bonchev–Trinajstić information content (AvgIpc) is 3.43. The molecule has 0 aliphatic carbocycles. The van der Waals surface area contributed by atoms with Crippen LogP contribution in [-0.2, 0) is 16.0 Å². The van der Waals surface area contributed by atoms with Gasteiger partial charge in [-0.05, 0) is 23.1 Å². The molecule has 29 heavy (non-hydrogen) atoms. The highest BCUT2D eigenvalue weighted by Crippen LogP contribution is 2.27. The highest BCUT2D eigenvalue weighted by molar-refractivity contribution is 7.10. The maximum atomic E-state index is 12.7. The maximum Gasteiger partial charge on any atom is 0.228 e. The molecule has 1 fully saturated rings. The van der Waals surface area contributed by atoms with Crippen molar-refractivity contribution in [3.63, 3.8) is 0 Å². The fourth-order valence-corrected chi connectivity index (χ4v) is 4.36. The Morgan fingerprint density at radius 1 is 1.10 bits per heavy atom. The Labute approximate surface area is 172 Å². The minimum atomic E-state index is -0.267. The van der Waals surface area contributed by atoms with Gasteiger partial charge in [-0.2, -0.15) is 0 Å². The zero-order chi connectivity index (χ0) is 19.6. The number of rotatable bonds is 4. The van der Waals surface area contributed by atoms with Crippen LogP contribution in [0.3, 0.4) is 0 Å². The highest BCUT2D eigenvalue weighted by Gasteiger charge is 2.28. The molecule has 0 radical (unpaired) electrons. The van der Waals surface area contributed by atoms with Gasteiger partial charge in [-0.3, -0.25) is 4.79 Å². The standard InChI is InChI=1S/C22H20N4O2S/c27-21(13-18-7-4-12-29-18)25-10-11-28-20(15-25)22-19-9-8-17(14-26(19)24-23-22)16-5-2-1-3-6-16/h1-9,12,14,20H,10-11,13,15H2. The van der Waals surface area contributed by atoms with Gasteiger partial charge >= 0.3 is 0 Å². The van der Waals surface area contributed by atoms with Gasteiger partial charge in [0.05, 0.1) is 25.1 Å². The molecule has 0 N–H and O–H groups in total. The zero-order valence-electron chi connectivity index (χ0n) is 15.8. The van der Waals surface area contributed by atoms with Crippen molar-refractivity contribution >= 4 is 22.8 Å². The number of morpholine rings is 1. The van der Waals surface area contributed by atoms with E-state index in [9.17, 15) is 4.79 Å². The monoisotopic (exact) mass is 404 g/mol. The van der Waals surface area contributed by atoms with Crippen LogP contribution in [0.2, 0.25) is 0 Å². The molecule has 146 valence electrons. The molecule has 5 rings (SSSR count). The Hall–Kier alpha value is -3.03. The fourth-order valence-electron chi connectivity index (χ4n) is 3.66. The summed E-state index contributed by atoms with van der Waals surface area (Å²) in [4.78, 5) is 15.6. The minimum absolute atomic E-state index is 0.128. The van der Waals surface area contributed by atoms with E-state index in [2.05, 4.69) is 28.5 Å². The maximum absolute atomic E-state index is 12.7. The summed E-state index contributed by atoms with van der Waals surface area (Å²) >= 11 is 1.61. The van der Waals surface area contributed by atoms with Crippen molar-refractivity contribution in [3.8, 4) is 11.1 Å². The average molecular weight is 404 g/mol. The van der Waals surface area contributed by atoms with Crippen LogP contribution in [0.1, 0.15) is 16.7 Å². The van der Waals surface area contributed by atoms with E-state index >= 15 is 0 Å². The van der Waals surface area contributed by atoms with Gasteiger partial charge in [-0.1, -0.05) is 47.7 Å². The van der Waals surface area contributed by atoms with Gasteiger partial charge in [-0.25, -0.2) is 4.52 Å². The van der Waals surface area contributed by atoms with E-state index in [0.29, 0.717) is 26.1 Å². The van der Waals surface area contributed by atoms with E-state index in [-0.39, 0.29) is 12.0 Å². The largest absolute Gasteiger partial charge is 0.368 e. The number of hydrogen-bond acceptors (Lipinski definition) is 5. The van der Waals surface area contributed by atoms with E-state index in [4.69, 9.17) is 4.74 Å². The van der Waals surface area contributed by atoms with Gasteiger partial charge in [-0.15, -0.1) is 16.4 Å². The molecule has 1 saturated heterocycles. The minimum Gasteiger partial charge on any atom is -0.368 e. The molecule has 1 aliphatic rings.